The first kappa shape index (κ1) is 36.5. The summed E-state index contributed by atoms with van der Waals surface area (Å²) in [5.74, 6) is 0. The molecule has 3 nitrogen and oxygen atoms in total. The fourth-order valence-corrected chi connectivity index (χ4v) is 10.7. The number of aromatic nitrogens is 1. The summed E-state index contributed by atoms with van der Waals surface area (Å²) in [6.45, 7) is 4.72. The molecule has 0 unspecified atom stereocenters. The lowest BCUT2D eigenvalue weighted by Crippen LogP contribution is -2.15. The number of hydrogen-bond acceptors (Lipinski definition) is 2. The van der Waals surface area contributed by atoms with Crippen molar-refractivity contribution in [1.82, 2.24) is 4.57 Å². The molecule has 0 radical (unpaired) electrons. The Morgan fingerprint density at radius 3 is 1.80 bits per heavy atom. The SMILES string of the molecule is CC1(C)c2ccccc2-c2ccc(-c3ccccc3N(c3cc(-c4ccc(-n5c6ccccc6c6ccccc65)cc4)c4oc5ccccc5c4c3)c3cccc4ccccc34)cc21. The van der Waals surface area contributed by atoms with Gasteiger partial charge < -0.3 is 13.9 Å². The van der Waals surface area contributed by atoms with E-state index in [2.05, 4.69) is 242 Å². The Morgan fingerprint density at radius 1 is 0.406 bits per heavy atom. The van der Waals surface area contributed by atoms with Crippen molar-refractivity contribution in [2.24, 2.45) is 0 Å². The second kappa shape index (κ2) is 13.9. The third-order valence-electron chi connectivity index (χ3n) is 13.8. The predicted molar refractivity (Wildman–Crippen MR) is 269 cm³/mol. The van der Waals surface area contributed by atoms with Gasteiger partial charge in [-0.2, -0.15) is 0 Å². The number of rotatable bonds is 6. The predicted octanol–water partition coefficient (Wildman–Crippen LogP) is 16.9. The highest BCUT2D eigenvalue weighted by molar-refractivity contribution is 6.13. The Morgan fingerprint density at radius 2 is 1.00 bits per heavy atom. The first-order chi connectivity index (χ1) is 31.5. The van der Waals surface area contributed by atoms with E-state index in [1.807, 2.05) is 0 Å². The van der Waals surface area contributed by atoms with Crippen LogP contribution in [0.2, 0.25) is 0 Å². The number of benzene rings is 10. The minimum absolute atomic E-state index is 0.119. The molecule has 0 saturated heterocycles. The zero-order chi connectivity index (χ0) is 42.5. The highest BCUT2D eigenvalue weighted by Crippen LogP contribution is 2.52. The van der Waals surface area contributed by atoms with Crippen LogP contribution in [-0.2, 0) is 5.41 Å². The number of nitrogens with zero attached hydrogens (tertiary/aromatic N) is 2. The van der Waals surface area contributed by atoms with E-state index in [1.54, 1.807) is 0 Å². The molecule has 12 aromatic rings. The number of anilines is 3. The van der Waals surface area contributed by atoms with Gasteiger partial charge in [0.2, 0.25) is 0 Å². The van der Waals surface area contributed by atoms with Gasteiger partial charge in [-0.3, -0.25) is 0 Å². The largest absolute Gasteiger partial charge is 0.455 e. The van der Waals surface area contributed by atoms with Crippen molar-refractivity contribution in [3.8, 4) is 39.1 Å². The second-order valence-corrected chi connectivity index (χ2v) is 17.7. The number of para-hydroxylation sites is 4. The van der Waals surface area contributed by atoms with Crippen LogP contribution < -0.4 is 4.90 Å². The first-order valence-electron chi connectivity index (χ1n) is 22.2. The molecule has 0 spiro atoms. The molecule has 1 aliphatic carbocycles. The van der Waals surface area contributed by atoms with Crippen molar-refractivity contribution in [3.05, 3.63) is 230 Å². The molecule has 0 fully saturated rings. The molecule has 0 atom stereocenters. The molecule has 1 aliphatic rings. The summed E-state index contributed by atoms with van der Waals surface area (Å²) in [6.07, 6.45) is 0. The van der Waals surface area contributed by atoms with Crippen LogP contribution in [0.3, 0.4) is 0 Å². The first-order valence-corrected chi connectivity index (χ1v) is 22.2. The molecule has 0 aliphatic heterocycles. The quantitative estimate of drug-likeness (QED) is 0.167. The van der Waals surface area contributed by atoms with Crippen LogP contribution in [-0.4, -0.2) is 4.57 Å². The normalized spacial score (nSPS) is 13.0. The van der Waals surface area contributed by atoms with E-state index < -0.39 is 0 Å². The van der Waals surface area contributed by atoms with E-state index in [0.717, 1.165) is 55.8 Å². The van der Waals surface area contributed by atoms with E-state index in [-0.39, 0.29) is 5.41 Å². The van der Waals surface area contributed by atoms with E-state index in [1.165, 1.54) is 66.0 Å². The highest BCUT2D eigenvalue weighted by Gasteiger charge is 2.35. The fourth-order valence-electron chi connectivity index (χ4n) is 10.7. The van der Waals surface area contributed by atoms with Crippen molar-refractivity contribution < 1.29 is 4.42 Å². The molecular formula is C61H42N2O. The van der Waals surface area contributed by atoms with Gasteiger partial charge in [0, 0.05) is 54.8 Å². The molecule has 13 rings (SSSR count). The summed E-state index contributed by atoms with van der Waals surface area (Å²) in [7, 11) is 0. The summed E-state index contributed by atoms with van der Waals surface area (Å²) >= 11 is 0. The van der Waals surface area contributed by atoms with Crippen molar-refractivity contribution >= 4 is 71.6 Å². The smallest absolute Gasteiger partial charge is 0.143 e. The van der Waals surface area contributed by atoms with Crippen LogP contribution in [0.5, 0.6) is 0 Å². The van der Waals surface area contributed by atoms with Gasteiger partial charge >= 0.3 is 0 Å². The molecular weight excluding hydrogens is 777 g/mol. The van der Waals surface area contributed by atoms with E-state index in [0.29, 0.717) is 0 Å². The molecule has 2 heterocycles. The Bertz CT molecular complexity index is 3770. The van der Waals surface area contributed by atoms with Gasteiger partial charge in [-0.25, -0.2) is 0 Å². The average molecular weight is 819 g/mol. The zero-order valence-electron chi connectivity index (χ0n) is 35.6. The molecule has 302 valence electrons. The number of hydrogen-bond donors (Lipinski definition) is 0. The summed E-state index contributed by atoms with van der Waals surface area (Å²) in [4.78, 5) is 2.47. The summed E-state index contributed by atoms with van der Waals surface area (Å²) in [5, 5.41) is 7.04. The highest BCUT2D eigenvalue weighted by atomic mass is 16.3. The standard InChI is InChI=1S/C61H42N2O/c1-61(2)53-24-10-5-20-46(53)47-35-32-41(36-54(47)61)45-19-6-11-25-55(45)63(56-28-15-17-39-16-3-4-18-44(39)56)43-37-51(60-52(38-43)50-23-9-14-29-59(50)64-60)40-30-33-42(34-31-40)62-57-26-12-7-21-48(57)49-22-8-13-27-58(49)62/h3-38H,1-2H3. The van der Waals surface area contributed by atoms with Gasteiger partial charge in [0.25, 0.3) is 0 Å². The lowest BCUT2D eigenvalue weighted by molar-refractivity contribution is 0.660. The van der Waals surface area contributed by atoms with Gasteiger partial charge in [-0.1, -0.05) is 172 Å². The van der Waals surface area contributed by atoms with Crippen molar-refractivity contribution in [1.29, 1.82) is 0 Å². The maximum atomic E-state index is 6.83. The second-order valence-electron chi connectivity index (χ2n) is 17.7. The van der Waals surface area contributed by atoms with Crippen LogP contribution in [0.4, 0.5) is 17.1 Å². The Labute approximate surface area is 371 Å². The van der Waals surface area contributed by atoms with Crippen molar-refractivity contribution in [2.75, 3.05) is 4.90 Å². The molecule has 0 saturated carbocycles. The van der Waals surface area contributed by atoms with Gasteiger partial charge in [0.15, 0.2) is 0 Å². The average Bonchev–Trinajstić information content (AvgIpc) is 3.97. The zero-order valence-corrected chi connectivity index (χ0v) is 35.6. The third kappa shape index (κ3) is 5.41. The topological polar surface area (TPSA) is 21.3 Å². The molecule has 0 bridgehead atoms. The summed E-state index contributed by atoms with van der Waals surface area (Å²) in [6, 6.07) is 79.7. The molecule has 0 N–H and O–H groups in total. The van der Waals surface area contributed by atoms with E-state index >= 15 is 0 Å². The van der Waals surface area contributed by atoms with Gasteiger partial charge in [-0.15, -0.1) is 0 Å². The number of fused-ring (bicyclic) bond motifs is 10. The van der Waals surface area contributed by atoms with Crippen molar-refractivity contribution in [2.45, 2.75) is 19.3 Å². The van der Waals surface area contributed by atoms with Crippen LogP contribution in [0.1, 0.15) is 25.0 Å². The summed E-state index contributed by atoms with van der Waals surface area (Å²) < 4.78 is 9.20. The lowest BCUT2D eigenvalue weighted by Gasteiger charge is -2.30. The Balaban J connectivity index is 1.04. The molecule has 2 aromatic heterocycles. The maximum Gasteiger partial charge on any atom is 0.143 e. The van der Waals surface area contributed by atoms with E-state index in [9.17, 15) is 0 Å². The maximum absolute atomic E-state index is 6.83. The van der Waals surface area contributed by atoms with Crippen molar-refractivity contribution in [3.63, 3.8) is 0 Å². The lowest BCUT2D eigenvalue weighted by atomic mass is 9.81. The Kier molecular flexibility index (Phi) is 7.95. The molecule has 3 heteroatoms. The number of furan rings is 1. The molecule has 64 heavy (non-hydrogen) atoms. The fraction of sp³-hybridized carbons (Fsp3) is 0.0492. The van der Waals surface area contributed by atoms with E-state index in [4.69, 9.17) is 4.42 Å². The minimum atomic E-state index is -0.119. The van der Waals surface area contributed by atoms with Crippen LogP contribution in [0.15, 0.2) is 223 Å². The van der Waals surface area contributed by atoms with Crippen LogP contribution in [0, 0.1) is 0 Å². The third-order valence-corrected chi connectivity index (χ3v) is 13.8. The molecule has 10 aromatic carbocycles. The van der Waals surface area contributed by atoms with Crippen LogP contribution in [0.25, 0.3) is 93.6 Å². The minimum Gasteiger partial charge on any atom is -0.455 e. The Hall–Kier alpha value is -8.14. The molecule has 0 amide bonds. The van der Waals surface area contributed by atoms with Gasteiger partial charge in [-0.05, 0) is 99.4 Å². The van der Waals surface area contributed by atoms with Gasteiger partial charge in [0.05, 0.1) is 22.4 Å². The summed E-state index contributed by atoms with van der Waals surface area (Å²) in [5.41, 5.74) is 18.3. The monoisotopic (exact) mass is 818 g/mol. The van der Waals surface area contributed by atoms with Gasteiger partial charge in [0.1, 0.15) is 11.2 Å². The van der Waals surface area contributed by atoms with Crippen LogP contribution >= 0.6 is 0 Å².